The summed E-state index contributed by atoms with van der Waals surface area (Å²) in [5.74, 6) is 0. The minimum atomic E-state index is 0.782. The maximum absolute atomic E-state index is 5.69. The Hall–Kier alpha value is -1.99. The Balaban J connectivity index is 1.71. The smallest absolute Gasteiger partial charge is 0.182 e. The highest BCUT2D eigenvalue weighted by molar-refractivity contribution is 7.71. The van der Waals surface area contributed by atoms with Gasteiger partial charge in [0.2, 0.25) is 0 Å². The van der Waals surface area contributed by atoms with Gasteiger partial charge in [0.25, 0.3) is 0 Å². The van der Waals surface area contributed by atoms with E-state index in [2.05, 4.69) is 82.0 Å². The molecule has 4 rings (SSSR count). The van der Waals surface area contributed by atoms with Gasteiger partial charge in [-0.15, -0.1) is 22.7 Å². The number of hydrogen-bond donors (Lipinski definition) is 2. The van der Waals surface area contributed by atoms with Gasteiger partial charge in [-0.1, -0.05) is 42.5 Å². The van der Waals surface area contributed by atoms with Crippen LogP contribution < -0.4 is 4.90 Å². The molecule has 2 N–H and O–H groups in total. The van der Waals surface area contributed by atoms with E-state index >= 15 is 0 Å². The van der Waals surface area contributed by atoms with Crippen molar-refractivity contribution < 1.29 is 4.90 Å². The summed E-state index contributed by atoms with van der Waals surface area (Å²) in [6.45, 7) is 1.79. The number of hydrogen-bond acceptors (Lipinski definition) is 3. The minimum Gasteiger partial charge on any atom is -0.329 e. The molecule has 0 fully saturated rings. The Morgan fingerprint density at radius 1 is 0.962 bits per heavy atom. The van der Waals surface area contributed by atoms with Crippen molar-refractivity contribution in [3.63, 3.8) is 0 Å². The van der Waals surface area contributed by atoms with Crippen molar-refractivity contribution in [2.24, 2.45) is 0 Å². The number of nitrogens with one attached hydrogen (secondary N) is 2. The molecule has 4 aromatic rings. The second-order valence-electron chi connectivity index (χ2n) is 6.31. The molecule has 0 aliphatic rings. The molecule has 0 spiro atoms. The average Bonchev–Trinajstić information content (AvgIpc) is 3.38. The fraction of sp³-hybridized carbons (Fsp3) is 0.150. The highest BCUT2D eigenvalue weighted by Gasteiger charge is 2.19. The van der Waals surface area contributed by atoms with E-state index in [1.54, 1.807) is 22.7 Å². The van der Waals surface area contributed by atoms with E-state index in [1.165, 1.54) is 25.9 Å². The van der Waals surface area contributed by atoms with E-state index in [0.29, 0.717) is 0 Å². The monoisotopic (exact) mass is 398 g/mol. The van der Waals surface area contributed by atoms with E-state index in [1.807, 2.05) is 0 Å². The lowest BCUT2D eigenvalue weighted by molar-refractivity contribution is -0.916. The Bertz CT molecular complexity index is 1010. The molecule has 0 saturated heterocycles. The fourth-order valence-corrected chi connectivity index (χ4v) is 4.93. The second-order valence-corrected chi connectivity index (χ2v) is 8.60. The first-order valence-electron chi connectivity index (χ1n) is 8.48. The fourth-order valence-electron chi connectivity index (χ4n) is 3.16. The first kappa shape index (κ1) is 17.4. The van der Waals surface area contributed by atoms with Crippen molar-refractivity contribution in [2.45, 2.75) is 13.2 Å². The van der Waals surface area contributed by atoms with Gasteiger partial charge in [0.05, 0.1) is 28.2 Å². The number of aromatic nitrogens is 2. The van der Waals surface area contributed by atoms with Crippen LogP contribution in [0.5, 0.6) is 0 Å². The molecule has 0 bridgehead atoms. The number of imidazole rings is 1. The SMILES string of the molecule is C[NH+](Cc1ccccc1)Cn1c(-c2cccs2)c(-c2cccs2)[nH]c1=S. The van der Waals surface area contributed by atoms with E-state index < -0.39 is 0 Å². The van der Waals surface area contributed by atoms with Crippen molar-refractivity contribution in [1.29, 1.82) is 0 Å². The van der Waals surface area contributed by atoms with Gasteiger partial charge in [0, 0.05) is 5.56 Å². The Morgan fingerprint density at radius 2 is 1.65 bits per heavy atom. The number of thiophene rings is 2. The van der Waals surface area contributed by atoms with Crippen LogP contribution in [0.4, 0.5) is 0 Å². The van der Waals surface area contributed by atoms with Crippen LogP contribution in [0.2, 0.25) is 0 Å². The van der Waals surface area contributed by atoms with Crippen LogP contribution in [-0.2, 0) is 13.2 Å². The molecule has 0 saturated carbocycles. The Labute approximate surface area is 166 Å². The lowest BCUT2D eigenvalue weighted by atomic mass is 10.2. The second kappa shape index (κ2) is 7.72. The van der Waals surface area contributed by atoms with Crippen LogP contribution in [0.15, 0.2) is 65.4 Å². The van der Waals surface area contributed by atoms with Gasteiger partial charge in [-0.05, 0) is 35.1 Å². The van der Waals surface area contributed by atoms with E-state index in [-0.39, 0.29) is 0 Å². The highest BCUT2D eigenvalue weighted by atomic mass is 32.1. The normalized spacial score (nSPS) is 12.3. The third-order valence-electron chi connectivity index (χ3n) is 4.28. The molecular formula is C20H20N3S3+. The maximum Gasteiger partial charge on any atom is 0.182 e. The van der Waals surface area contributed by atoms with Crippen LogP contribution in [0.3, 0.4) is 0 Å². The lowest BCUT2D eigenvalue weighted by Gasteiger charge is -2.16. The third-order valence-corrected chi connectivity index (χ3v) is 6.37. The predicted octanol–water partition coefficient (Wildman–Crippen LogP) is 4.68. The standard InChI is InChI=1S/C20H19N3S3/c1-22(13-15-7-3-2-4-8-15)14-23-19(17-10-6-12-26-17)18(21-20(23)24)16-9-5-11-25-16/h2-12H,13-14H2,1H3,(H,21,24)/p+1. The van der Waals surface area contributed by atoms with Gasteiger partial charge in [0.15, 0.2) is 11.4 Å². The highest BCUT2D eigenvalue weighted by Crippen LogP contribution is 2.36. The average molecular weight is 399 g/mol. The van der Waals surface area contributed by atoms with E-state index in [0.717, 1.165) is 23.7 Å². The molecule has 26 heavy (non-hydrogen) atoms. The molecule has 3 nitrogen and oxygen atoms in total. The topological polar surface area (TPSA) is 25.2 Å². The van der Waals surface area contributed by atoms with Crippen LogP contribution in [-0.4, -0.2) is 16.6 Å². The number of H-pyrrole nitrogens is 1. The zero-order chi connectivity index (χ0) is 17.9. The Kier molecular flexibility index (Phi) is 5.17. The summed E-state index contributed by atoms with van der Waals surface area (Å²) in [5, 5.41) is 4.23. The van der Waals surface area contributed by atoms with Crippen molar-refractivity contribution in [3.05, 3.63) is 75.7 Å². The summed E-state index contributed by atoms with van der Waals surface area (Å²) in [4.78, 5) is 7.31. The molecule has 6 heteroatoms. The molecule has 3 aromatic heterocycles. The quantitative estimate of drug-likeness (QED) is 0.453. The molecule has 0 aliphatic heterocycles. The van der Waals surface area contributed by atoms with Gasteiger partial charge in [0.1, 0.15) is 6.54 Å². The molecule has 3 heterocycles. The largest absolute Gasteiger partial charge is 0.329 e. The van der Waals surface area contributed by atoms with Gasteiger partial charge >= 0.3 is 0 Å². The van der Waals surface area contributed by atoms with Crippen molar-refractivity contribution in [2.75, 3.05) is 7.05 Å². The first-order chi connectivity index (χ1) is 12.7. The van der Waals surface area contributed by atoms with Crippen LogP contribution in [0, 0.1) is 4.77 Å². The molecule has 1 unspecified atom stereocenters. The van der Waals surface area contributed by atoms with Crippen LogP contribution in [0.1, 0.15) is 5.56 Å². The predicted molar refractivity (Wildman–Crippen MR) is 113 cm³/mol. The van der Waals surface area contributed by atoms with Gasteiger partial charge < -0.3 is 9.88 Å². The van der Waals surface area contributed by atoms with Crippen LogP contribution >= 0.6 is 34.9 Å². The number of aromatic amines is 1. The molecule has 1 atom stereocenters. The summed E-state index contributed by atoms with van der Waals surface area (Å²) >= 11 is 9.19. The molecular weight excluding hydrogens is 378 g/mol. The summed E-state index contributed by atoms with van der Waals surface area (Å²) in [7, 11) is 2.21. The molecule has 1 aromatic carbocycles. The first-order valence-corrected chi connectivity index (χ1v) is 10.6. The summed E-state index contributed by atoms with van der Waals surface area (Å²) in [6, 6.07) is 19.1. The van der Waals surface area contributed by atoms with Crippen molar-refractivity contribution >= 4 is 34.9 Å². The molecule has 132 valence electrons. The third kappa shape index (κ3) is 3.59. The summed E-state index contributed by atoms with van der Waals surface area (Å²) < 4.78 is 3.03. The number of rotatable bonds is 6. The maximum atomic E-state index is 5.69. The Morgan fingerprint density at radius 3 is 2.31 bits per heavy atom. The molecule has 0 amide bonds. The van der Waals surface area contributed by atoms with Crippen LogP contribution in [0.25, 0.3) is 21.1 Å². The van der Waals surface area contributed by atoms with Crippen molar-refractivity contribution in [1.82, 2.24) is 9.55 Å². The van der Waals surface area contributed by atoms with E-state index in [9.17, 15) is 0 Å². The lowest BCUT2D eigenvalue weighted by Crippen LogP contribution is -3.06. The molecule has 0 aliphatic carbocycles. The van der Waals surface area contributed by atoms with Gasteiger partial charge in [-0.3, -0.25) is 4.57 Å². The zero-order valence-corrected chi connectivity index (χ0v) is 16.9. The number of quaternary nitrogens is 1. The molecule has 0 radical (unpaired) electrons. The zero-order valence-electron chi connectivity index (χ0n) is 14.4. The van der Waals surface area contributed by atoms with Gasteiger partial charge in [-0.2, -0.15) is 0 Å². The van der Waals surface area contributed by atoms with E-state index in [4.69, 9.17) is 12.2 Å². The summed E-state index contributed by atoms with van der Waals surface area (Å²) in [5.41, 5.74) is 3.66. The minimum absolute atomic E-state index is 0.782. The number of benzene rings is 1. The van der Waals surface area contributed by atoms with Gasteiger partial charge in [-0.25, -0.2) is 0 Å². The number of nitrogens with zero attached hydrogens (tertiary/aromatic N) is 1. The summed E-state index contributed by atoms with van der Waals surface area (Å²) in [6.07, 6.45) is 0. The van der Waals surface area contributed by atoms with Crippen molar-refractivity contribution in [3.8, 4) is 21.1 Å².